The molecule has 2 heteroatoms. The molecule has 0 atom stereocenters. The van der Waals surface area contributed by atoms with Gasteiger partial charge in [0, 0.05) is 31.2 Å². The van der Waals surface area contributed by atoms with E-state index in [9.17, 15) is 0 Å². The van der Waals surface area contributed by atoms with E-state index in [1.165, 1.54) is 36.1 Å². The molecule has 102 valence electrons. The van der Waals surface area contributed by atoms with Crippen LogP contribution in [-0.4, -0.2) is 4.57 Å². The molecule has 2 rings (SSSR count). The summed E-state index contributed by atoms with van der Waals surface area (Å²) in [6.07, 6.45) is 7.94. The molecule has 1 heterocycles. The normalized spacial score (nSPS) is 10.6. The summed E-state index contributed by atoms with van der Waals surface area (Å²) in [5.41, 5.74) is 3.95. The minimum Gasteiger partial charge on any atom is -0.381 e. The Morgan fingerprint density at radius 2 is 1.74 bits per heavy atom. The second-order valence-corrected chi connectivity index (χ2v) is 5.06. The molecule has 0 aliphatic heterocycles. The molecule has 0 unspecified atom stereocenters. The summed E-state index contributed by atoms with van der Waals surface area (Å²) in [6.45, 7) is 6.42. The maximum absolute atomic E-state index is 3.47. The highest BCUT2D eigenvalue weighted by molar-refractivity contribution is 5.45. The highest BCUT2D eigenvalue weighted by atomic mass is 14.9. The van der Waals surface area contributed by atoms with E-state index in [0.29, 0.717) is 0 Å². The van der Waals surface area contributed by atoms with E-state index in [1.807, 2.05) is 0 Å². The monoisotopic (exact) mass is 256 g/mol. The molecule has 0 aliphatic rings. The average Bonchev–Trinajstić information content (AvgIpc) is 2.87. The smallest absolute Gasteiger partial charge is 0.0415 e. The number of benzene rings is 1. The number of nitrogens with one attached hydrogen (secondary N) is 1. The fourth-order valence-corrected chi connectivity index (χ4v) is 2.27. The van der Waals surface area contributed by atoms with Crippen LogP contribution in [0.25, 0.3) is 0 Å². The van der Waals surface area contributed by atoms with Gasteiger partial charge in [-0.3, -0.25) is 0 Å². The van der Waals surface area contributed by atoms with E-state index in [1.54, 1.807) is 0 Å². The number of nitrogens with zero attached hydrogens (tertiary/aromatic N) is 1. The fourth-order valence-electron chi connectivity index (χ4n) is 2.27. The van der Waals surface area contributed by atoms with Crippen molar-refractivity contribution < 1.29 is 0 Å². The maximum Gasteiger partial charge on any atom is 0.0415 e. The van der Waals surface area contributed by atoms with Crippen LogP contribution >= 0.6 is 0 Å². The maximum atomic E-state index is 3.47. The van der Waals surface area contributed by atoms with Crippen molar-refractivity contribution in [2.45, 2.75) is 46.2 Å². The first-order chi connectivity index (χ1) is 9.31. The predicted octanol–water partition coefficient (Wildman–Crippen LogP) is 4.46. The first kappa shape index (κ1) is 13.7. The van der Waals surface area contributed by atoms with Gasteiger partial charge in [0.2, 0.25) is 0 Å². The van der Waals surface area contributed by atoms with Gasteiger partial charge >= 0.3 is 0 Å². The molecule has 1 aromatic heterocycles. The van der Waals surface area contributed by atoms with Crippen LogP contribution in [0.4, 0.5) is 5.69 Å². The molecule has 2 aromatic rings. The minimum absolute atomic E-state index is 0.893. The zero-order chi connectivity index (χ0) is 13.5. The van der Waals surface area contributed by atoms with Crippen LogP contribution in [0.2, 0.25) is 0 Å². The summed E-state index contributed by atoms with van der Waals surface area (Å²) in [5, 5.41) is 3.47. The number of aromatic nitrogens is 1. The molecular weight excluding hydrogens is 232 g/mol. The summed E-state index contributed by atoms with van der Waals surface area (Å²) in [7, 11) is 0. The van der Waals surface area contributed by atoms with Crippen molar-refractivity contribution in [2.24, 2.45) is 0 Å². The molecule has 0 aliphatic carbocycles. The quantitative estimate of drug-likeness (QED) is 0.773. The van der Waals surface area contributed by atoms with Gasteiger partial charge in [-0.1, -0.05) is 32.4 Å². The van der Waals surface area contributed by atoms with E-state index >= 15 is 0 Å². The van der Waals surface area contributed by atoms with Crippen molar-refractivity contribution in [3.05, 3.63) is 53.9 Å². The van der Waals surface area contributed by atoms with E-state index in [4.69, 9.17) is 0 Å². The molecule has 0 fully saturated rings. The SMILES string of the molecule is CCCc1ccc(NCc2ccn(CCC)c2)cc1. The number of hydrogen-bond acceptors (Lipinski definition) is 1. The molecule has 1 aromatic carbocycles. The Balaban J connectivity index is 1.86. The molecular formula is C17H24N2. The third-order valence-corrected chi connectivity index (χ3v) is 3.28. The minimum atomic E-state index is 0.893. The van der Waals surface area contributed by atoms with Crippen molar-refractivity contribution in [3.8, 4) is 0 Å². The Hall–Kier alpha value is -1.70. The Labute approximate surface area is 116 Å². The average molecular weight is 256 g/mol. The van der Waals surface area contributed by atoms with Crippen LogP contribution in [0, 0.1) is 0 Å². The second-order valence-electron chi connectivity index (χ2n) is 5.06. The van der Waals surface area contributed by atoms with Gasteiger partial charge in [-0.2, -0.15) is 0 Å². The first-order valence-corrected chi connectivity index (χ1v) is 7.29. The number of anilines is 1. The summed E-state index contributed by atoms with van der Waals surface area (Å²) in [4.78, 5) is 0. The lowest BCUT2D eigenvalue weighted by Gasteiger charge is -2.06. The largest absolute Gasteiger partial charge is 0.381 e. The lowest BCUT2D eigenvalue weighted by molar-refractivity contribution is 0.682. The molecule has 0 amide bonds. The van der Waals surface area contributed by atoms with E-state index < -0.39 is 0 Å². The molecule has 19 heavy (non-hydrogen) atoms. The summed E-state index contributed by atoms with van der Waals surface area (Å²) < 4.78 is 2.25. The van der Waals surface area contributed by atoms with Crippen LogP contribution in [0.1, 0.15) is 37.8 Å². The van der Waals surface area contributed by atoms with Crippen LogP contribution in [-0.2, 0) is 19.5 Å². The third kappa shape index (κ3) is 4.16. The van der Waals surface area contributed by atoms with Gasteiger partial charge in [0.1, 0.15) is 0 Å². The van der Waals surface area contributed by atoms with Gasteiger partial charge in [-0.15, -0.1) is 0 Å². The lowest BCUT2D eigenvalue weighted by Crippen LogP contribution is -1.99. The molecule has 0 radical (unpaired) electrons. The zero-order valence-corrected chi connectivity index (χ0v) is 12.0. The van der Waals surface area contributed by atoms with Crippen molar-refractivity contribution in [1.29, 1.82) is 0 Å². The third-order valence-electron chi connectivity index (χ3n) is 3.28. The molecule has 1 N–H and O–H groups in total. The Morgan fingerprint density at radius 3 is 2.42 bits per heavy atom. The van der Waals surface area contributed by atoms with Gasteiger partial charge in [0.05, 0.1) is 0 Å². The Morgan fingerprint density at radius 1 is 0.947 bits per heavy atom. The Bertz CT molecular complexity index is 482. The summed E-state index contributed by atoms with van der Waals surface area (Å²) in [5.74, 6) is 0. The molecule has 0 saturated carbocycles. The van der Waals surface area contributed by atoms with Gasteiger partial charge in [-0.05, 0) is 42.2 Å². The molecule has 0 spiro atoms. The van der Waals surface area contributed by atoms with Crippen molar-refractivity contribution >= 4 is 5.69 Å². The highest BCUT2D eigenvalue weighted by Gasteiger charge is 1.97. The fraction of sp³-hybridized carbons (Fsp3) is 0.412. The van der Waals surface area contributed by atoms with Gasteiger partial charge in [-0.25, -0.2) is 0 Å². The topological polar surface area (TPSA) is 17.0 Å². The van der Waals surface area contributed by atoms with Crippen LogP contribution in [0.15, 0.2) is 42.7 Å². The van der Waals surface area contributed by atoms with Gasteiger partial charge in [0.25, 0.3) is 0 Å². The summed E-state index contributed by atoms with van der Waals surface area (Å²) >= 11 is 0. The summed E-state index contributed by atoms with van der Waals surface area (Å²) in [6, 6.07) is 11.0. The van der Waals surface area contributed by atoms with Gasteiger partial charge in [0.15, 0.2) is 0 Å². The second kappa shape index (κ2) is 7.03. The van der Waals surface area contributed by atoms with E-state index in [-0.39, 0.29) is 0 Å². The van der Waals surface area contributed by atoms with Crippen LogP contribution < -0.4 is 5.32 Å². The molecule has 0 bridgehead atoms. The van der Waals surface area contributed by atoms with Crippen molar-refractivity contribution in [2.75, 3.05) is 5.32 Å². The van der Waals surface area contributed by atoms with Crippen LogP contribution in [0.3, 0.4) is 0 Å². The molecule has 0 saturated heterocycles. The van der Waals surface area contributed by atoms with Crippen molar-refractivity contribution in [1.82, 2.24) is 4.57 Å². The lowest BCUT2D eigenvalue weighted by atomic mass is 10.1. The number of hydrogen-bond donors (Lipinski definition) is 1. The van der Waals surface area contributed by atoms with Crippen LogP contribution in [0.5, 0.6) is 0 Å². The van der Waals surface area contributed by atoms with Gasteiger partial charge < -0.3 is 9.88 Å². The number of aryl methyl sites for hydroxylation is 2. The standard InChI is InChI=1S/C17H24N2/c1-3-5-15-6-8-17(9-7-15)18-13-16-10-12-19(14-16)11-4-2/h6-10,12,14,18H,3-5,11,13H2,1-2H3. The Kier molecular flexibility index (Phi) is 5.08. The highest BCUT2D eigenvalue weighted by Crippen LogP contribution is 2.12. The van der Waals surface area contributed by atoms with Crippen molar-refractivity contribution in [3.63, 3.8) is 0 Å². The first-order valence-electron chi connectivity index (χ1n) is 7.29. The van der Waals surface area contributed by atoms with E-state index in [0.717, 1.165) is 13.1 Å². The van der Waals surface area contributed by atoms with E-state index in [2.05, 4.69) is 66.5 Å². The number of rotatable bonds is 7. The predicted molar refractivity (Wildman–Crippen MR) is 82.5 cm³/mol. The molecule has 2 nitrogen and oxygen atoms in total. The zero-order valence-electron chi connectivity index (χ0n) is 12.0.